The second-order valence-electron chi connectivity index (χ2n) is 5.69. The minimum atomic E-state index is -0.517. The van der Waals surface area contributed by atoms with Crippen LogP contribution in [0.5, 0.6) is 5.75 Å². The van der Waals surface area contributed by atoms with Crippen molar-refractivity contribution in [3.63, 3.8) is 0 Å². The number of ether oxygens (including phenoxy) is 2. The molecule has 0 bridgehead atoms. The molecule has 0 radical (unpaired) electrons. The second kappa shape index (κ2) is 7.31. The van der Waals surface area contributed by atoms with E-state index in [1.807, 2.05) is 27.7 Å². The summed E-state index contributed by atoms with van der Waals surface area (Å²) in [7, 11) is 1.68. The van der Waals surface area contributed by atoms with Crippen molar-refractivity contribution < 1.29 is 14.3 Å². The summed E-state index contributed by atoms with van der Waals surface area (Å²) in [6.07, 6.45) is 1.15. The first-order chi connectivity index (χ1) is 9.60. The van der Waals surface area contributed by atoms with Crippen molar-refractivity contribution in [1.29, 1.82) is 0 Å². The van der Waals surface area contributed by atoms with Crippen LogP contribution >= 0.6 is 27.5 Å². The Labute approximate surface area is 138 Å². The molecule has 0 N–H and O–H groups in total. The van der Waals surface area contributed by atoms with Crippen molar-refractivity contribution in [2.45, 2.75) is 39.3 Å². The van der Waals surface area contributed by atoms with Crippen LogP contribution in [0.15, 0.2) is 16.7 Å². The van der Waals surface area contributed by atoms with Gasteiger partial charge in [0.05, 0.1) is 16.7 Å². The van der Waals surface area contributed by atoms with Gasteiger partial charge in [0.25, 0.3) is 0 Å². The summed E-state index contributed by atoms with van der Waals surface area (Å²) in [5, 5.41) is 0.376. The SMILES string of the molecule is CC(COc1cnc(Cl)c(Br)c1)N(C)C(=O)OC(C)(C)C. The van der Waals surface area contributed by atoms with Crippen LogP contribution in [-0.4, -0.2) is 41.3 Å². The number of halogens is 2. The molecular formula is C14H20BrClN2O3. The number of hydrogen-bond donors (Lipinski definition) is 0. The van der Waals surface area contributed by atoms with Gasteiger partial charge in [-0.25, -0.2) is 9.78 Å². The fourth-order valence-electron chi connectivity index (χ4n) is 1.33. The lowest BCUT2D eigenvalue weighted by Crippen LogP contribution is -2.42. The van der Waals surface area contributed by atoms with Crippen molar-refractivity contribution in [3.05, 3.63) is 21.9 Å². The lowest BCUT2D eigenvalue weighted by atomic mass is 10.2. The number of likely N-dealkylation sites (N-methyl/N-ethyl adjacent to an activating group) is 1. The van der Waals surface area contributed by atoms with Gasteiger partial charge in [0.15, 0.2) is 0 Å². The van der Waals surface area contributed by atoms with E-state index >= 15 is 0 Å². The fourth-order valence-corrected chi connectivity index (χ4v) is 1.76. The third kappa shape index (κ3) is 6.09. The highest BCUT2D eigenvalue weighted by Crippen LogP contribution is 2.24. The molecule has 5 nitrogen and oxygen atoms in total. The fraction of sp³-hybridized carbons (Fsp3) is 0.571. The number of hydrogen-bond acceptors (Lipinski definition) is 4. The summed E-state index contributed by atoms with van der Waals surface area (Å²) in [4.78, 5) is 17.4. The summed E-state index contributed by atoms with van der Waals surface area (Å²) in [5.74, 6) is 0.579. The van der Waals surface area contributed by atoms with E-state index in [9.17, 15) is 4.79 Å². The molecule has 0 aromatic carbocycles. The van der Waals surface area contributed by atoms with Gasteiger partial charge in [0.2, 0.25) is 0 Å². The van der Waals surface area contributed by atoms with Gasteiger partial charge in [0, 0.05) is 7.05 Å². The average Bonchev–Trinajstić information content (AvgIpc) is 2.36. The number of amides is 1. The number of aromatic nitrogens is 1. The predicted molar refractivity (Wildman–Crippen MR) is 85.9 cm³/mol. The van der Waals surface area contributed by atoms with Crippen LogP contribution in [0.2, 0.25) is 5.15 Å². The topological polar surface area (TPSA) is 51.7 Å². The van der Waals surface area contributed by atoms with E-state index < -0.39 is 5.60 Å². The molecule has 0 aliphatic carbocycles. The summed E-state index contributed by atoms with van der Waals surface area (Å²) in [5.41, 5.74) is -0.517. The smallest absolute Gasteiger partial charge is 0.410 e. The Morgan fingerprint density at radius 3 is 2.67 bits per heavy atom. The summed E-state index contributed by atoms with van der Waals surface area (Å²) in [6, 6.07) is 1.59. The molecule has 1 unspecified atom stereocenters. The minimum Gasteiger partial charge on any atom is -0.490 e. The van der Waals surface area contributed by atoms with Gasteiger partial charge in [-0.3, -0.25) is 0 Å². The highest BCUT2D eigenvalue weighted by molar-refractivity contribution is 9.10. The van der Waals surface area contributed by atoms with Crippen LogP contribution in [0.3, 0.4) is 0 Å². The molecule has 7 heteroatoms. The molecule has 1 aromatic rings. The maximum atomic E-state index is 11.9. The Bertz CT molecular complexity index is 505. The first kappa shape index (κ1) is 18.0. The molecule has 21 heavy (non-hydrogen) atoms. The van der Waals surface area contributed by atoms with Crippen molar-refractivity contribution in [1.82, 2.24) is 9.88 Å². The van der Waals surface area contributed by atoms with Gasteiger partial charge in [-0.2, -0.15) is 0 Å². The molecule has 1 amide bonds. The van der Waals surface area contributed by atoms with Crippen LogP contribution < -0.4 is 4.74 Å². The Hall–Kier alpha value is -1.01. The van der Waals surface area contributed by atoms with E-state index in [1.54, 1.807) is 13.1 Å². The zero-order valence-electron chi connectivity index (χ0n) is 12.8. The van der Waals surface area contributed by atoms with Gasteiger partial charge in [0.1, 0.15) is 23.1 Å². The minimum absolute atomic E-state index is 0.144. The second-order valence-corrected chi connectivity index (χ2v) is 6.91. The van der Waals surface area contributed by atoms with Gasteiger partial charge in [-0.1, -0.05) is 11.6 Å². The standard InChI is InChI=1S/C14H20BrClN2O3/c1-9(18(5)13(19)21-14(2,3)4)8-20-10-6-11(15)12(16)17-7-10/h6-7,9H,8H2,1-5H3. The Morgan fingerprint density at radius 2 is 2.14 bits per heavy atom. The van der Waals surface area contributed by atoms with Crippen LogP contribution in [0.1, 0.15) is 27.7 Å². The van der Waals surface area contributed by atoms with Crippen LogP contribution in [0.25, 0.3) is 0 Å². The third-order valence-corrected chi connectivity index (χ3v) is 3.74. The molecular weight excluding hydrogens is 360 g/mol. The molecule has 0 spiro atoms. The highest BCUT2D eigenvalue weighted by atomic mass is 79.9. The van der Waals surface area contributed by atoms with Gasteiger partial charge in [-0.15, -0.1) is 0 Å². The third-order valence-electron chi connectivity index (χ3n) is 2.61. The van der Waals surface area contributed by atoms with E-state index in [1.165, 1.54) is 11.1 Å². The number of carbonyl (C=O) groups is 1. The zero-order chi connectivity index (χ0) is 16.2. The Balaban J connectivity index is 2.54. The summed E-state index contributed by atoms with van der Waals surface area (Å²) < 4.78 is 11.6. The van der Waals surface area contributed by atoms with E-state index in [0.29, 0.717) is 22.0 Å². The van der Waals surface area contributed by atoms with Crippen molar-refractivity contribution in [2.75, 3.05) is 13.7 Å². The van der Waals surface area contributed by atoms with Gasteiger partial charge in [-0.05, 0) is 49.7 Å². The number of rotatable bonds is 4. The van der Waals surface area contributed by atoms with E-state index in [2.05, 4.69) is 20.9 Å². The molecule has 0 fully saturated rings. The van der Waals surface area contributed by atoms with Crippen LogP contribution in [0, 0.1) is 0 Å². The predicted octanol–water partition coefficient (Wildman–Crippen LogP) is 4.13. The van der Waals surface area contributed by atoms with Crippen LogP contribution in [-0.2, 0) is 4.74 Å². The monoisotopic (exact) mass is 378 g/mol. The normalized spacial score (nSPS) is 12.7. The highest BCUT2D eigenvalue weighted by Gasteiger charge is 2.23. The summed E-state index contributed by atoms with van der Waals surface area (Å²) >= 11 is 9.09. The van der Waals surface area contributed by atoms with Gasteiger partial charge >= 0.3 is 6.09 Å². The summed E-state index contributed by atoms with van der Waals surface area (Å²) in [6.45, 7) is 7.69. The number of nitrogens with zero attached hydrogens (tertiary/aromatic N) is 2. The van der Waals surface area contributed by atoms with Crippen molar-refractivity contribution >= 4 is 33.6 Å². The van der Waals surface area contributed by atoms with Crippen molar-refractivity contribution in [2.24, 2.45) is 0 Å². The van der Waals surface area contributed by atoms with Gasteiger partial charge < -0.3 is 14.4 Å². The lowest BCUT2D eigenvalue weighted by Gasteiger charge is -2.28. The van der Waals surface area contributed by atoms with Crippen molar-refractivity contribution in [3.8, 4) is 5.75 Å². The Morgan fingerprint density at radius 1 is 1.52 bits per heavy atom. The first-order valence-electron chi connectivity index (χ1n) is 6.50. The average molecular weight is 380 g/mol. The number of pyridine rings is 1. The molecule has 1 atom stereocenters. The molecule has 1 heterocycles. The zero-order valence-corrected chi connectivity index (χ0v) is 15.2. The molecule has 1 aromatic heterocycles. The number of carbonyl (C=O) groups excluding carboxylic acids is 1. The maximum Gasteiger partial charge on any atom is 0.410 e. The quantitative estimate of drug-likeness (QED) is 0.738. The maximum absolute atomic E-state index is 11.9. The van der Waals surface area contributed by atoms with E-state index in [-0.39, 0.29) is 12.1 Å². The van der Waals surface area contributed by atoms with E-state index in [4.69, 9.17) is 21.1 Å². The van der Waals surface area contributed by atoms with Crippen LogP contribution in [0.4, 0.5) is 4.79 Å². The molecule has 0 saturated carbocycles. The molecule has 0 saturated heterocycles. The molecule has 0 aliphatic heterocycles. The van der Waals surface area contributed by atoms with E-state index in [0.717, 1.165) is 0 Å². The Kier molecular flexibility index (Phi) is 6.28. The lowest BCUT2D eigenvalue weighted by molar-refractivity contribution is 0.0195. The molecule has 118 valence electrons. The largest absolute Gasteiger partial charge is 0.490 e. The molecule has 1 rings (SSSR count). The molecule has 0 aliphatic rings. The first-order valence-corrected chi connectivity index (χ1v) is 7.67.